The van der Waals surface area contributed by atoms with E-state index in [9.17, 15) is 4.79 Å². The van der Waals surface area contributed by atoms with Crippen molar-refractivity contribution in [1.82, 2.24) is 23.6 Å². The lowest BCUT2D eigenvalue weighted by Gasteiger charge is -2.31. The van der Waals surface area contributed by atoms with Crippen LogP contribution < -0.4 is 0 Å². The van der Waals surface area contributed by atoms with Crippen LogP contribution in [0.3, 0.4) is 0 Å². The molecule has 1 fully saturated rings. The molecule has 1 aliphatic rings. The SMILES string of the molecule is Cc1nsnc1C(=O)N1CCC(c2ccncn2)CC1. The summed E-state index contributed by atoms with van der Waals surface area (Å²) in [6.07, 6.45) is 5.21. The van der Waals surface area contributed by atoms with Crippen LogP contribution in [0.25, 0.3) is 0 Å². The largest absolute Gasteiger partial charge is 0.337 e. The maximum atomic E-state index is 12.3. The number of aromatic nitrogens is 4. The molecule has 0 aliphatic carbocycles. The molecular formula is C13H15N5OS. The summed E-state index contributed by atoms with van der Waals surface area (Å²) in [6, 6.07) is 1.96. The summed E-state index contributed by atoms with van der Waals surface area (Å²) in [5, 5.41) is 0. The monoisotopic (exact) mass is 289 g/mol. The molecule has 1 aliphatic heterocycles. The van der Waals surface area contributed by atoms with Crippen molar-refractivity contribution in [2.45, 2.75) is 25.7 Å². The van der Waals surface area contributed by atoms with E-state index in [4.69, 9.17) is 0 Å². The second-order valence-corrected chi connectivity index (χ2v) is 5.43. The first kappa shape index (κ1) is 13.1. The van der Waals surface area contributed by atoms with Crippen molar-refractivity contribution in [2.24, 2.45) is 0 Å². The normalized spacial score (nSPS) is 16.4. The second kappa shape index (κ2) is 5.62. The molecule has 3 rings (SSSR count). The van der Waals surface area contributed by atoms with Crippen LogP contribution in [0.2, 0.25) is 0 Å². The highest BCUT2D eigenvalue weighted by Gasteiger charge is 2.27. The number of rotatable bonds is 2. The molecule has 7 heteroatoms. The summed E-state index contributed by atoms with van der Waals surface area (Å²) in [7, 11) is 0. The number of carbonyl (C=O) groups is 1. The van der Waals surface area contributed by atoms with Gasteiger partial charge in [0.25, 0.3) is 5.91 Å². The van der Waals surface area contributed by atoms with Gasteiger partial charge in [-0.1, -0.05) is 0 Å². The standard InChI is InChI=1S/C13H15N5OS/c1-9-12(17-20-16-9)13(19)18-6-3-10(4-7-18)11-2-5-14-8-15-11/h2,5,8,10H,3-4,6-7H2,1H3. The Kier molecular flexibility index (Phi) is 3.68. The first-order chi connectivity index (χ1) is 9.75. The van der Waals surface area contributed by atoms with Gasteiger partial charge in [0.1, 0.15) is 6.33 Å². The lowest BCUT2D eigenvalue weighted by Crippen LogP contribution is -2.38. The smallest absolute Gasteiger partial charge is 0.275 e. The molecule has 104 valence electrons. The third kappa shape index (κ3) is 2.53. The zero-order valence-electron chi connectivity index (χ0n) is 11.2. The van der Waals surface area contributed by atoms with Gasteiger partial charge in [-0.2, -0.15) is 8.75 Å². The zero-order chi connectivity index (χ0) is 13.9. The molecule has 0 unspecified atom stereocenters. The molecule has 0 radical (unpaired) electrons. The fourth-order valence-electron chi connectivity index (χ4n) is 2.50. The van der Waals surface area contributed by atoms with E-state index in [0.717, 1.165) is 49.0 Å². The average Bonchev–Trinajstić information content (AvgIpc) is 2.94. The summed E-state index contributed by atoms with van der Waals surface area (Å²) in [5.41, 5.74) is 2.28. The molecule has 3 heterocycles. The van der Waals surface area contributed by atoms with Gasteiger partial charge in [-0.25, -0.2) is 9.97 Å². The highest BCUT2D eigenvalue weighted by atomic mass is 32.1. The van der Waals surface area contributed by atoms with E-state index in [-0.39, 0.29) is 5.91 Å². The highest BCUT2D eigenvalue weighted by Crippen LogP contribution is 2.27. The first-order valence-corrected chi connectivity index (χ1v) is 7.33. The maximum absolute atomic E-state index is 12.3. The van der Waals surface area contributed by atoms with Gasteiger partial charge in [-0.15, -0.1) is 0 Å². The topological polar surface area (TPSA) is 71.9 Å². The first-order valence-electron chi connectivity index (χ1n) is 6.60. The van der Waals surface area contributed by atoms with E-state index in [0.29, 0.717) is 11.6 Å². The van der Waals surface area contributed by atoms with Gasteiger partial charge in [0.2, 0.25) is 0 Å². The number of aryl methyl sites for hydroxylation is 1. The van der Waals surface area contributed by atoms with Gasteiger partial charge < -0.3 is 4.90 Å². The van der Waals surface area contributed by atoms with Gasteiger partial charge in [0.05, 0.1) is 17.4 Å². The Bertz CT molecular complexity index is 592. The van der Waals surface area contributed by atoms with Crippen molar-refractivity contribution in [2.75, 3.05) is 13.1 Å². The molecule has 0 aromatic carbocycles. The molecule has 6 nitrogen and oxygen atoms in total. The minimum atomic E-state index is -0.00242. The fraction of sp³-hybridized carbons (Fsp3) is 0.462. The fourth-order valence-corrected chi connectivity index (χ4v) is 3.04. The van der Waals surface area contributed by atoms with E-state index < -0.39 is 0 Å². The van der Waals surface area contributed by atoms with Gasteiger partial charge in [0, 0.05) is 30.9 Å². The molecule has 1 saturated heterocycles. The van der Waals surface area contributed by atoms with Gasteiger partial charge in [0.15, 0.2) is 5.69 Å². The van der Waals surface area contributed by atoms with Gasteiger partial charge in [-0.3, -0.25) is 4.79 Å². The van der Waals surface area contributed by atoms with Crippen LogP contribution in [-0.4, -0.2) is 42.6 Å². The van der Waals surface area contributed by atoms with E-state index in [1.165, 1.54) is 0 Å². The van der Waals surface area contributed by atoms with Crippen molar-refractivity contribution in [3.05, 3.63) is 35.7 Å². The van der Waals surface area contributed by atoms with Crippen molar-refractivity contribution in [1.29, 1.82) is 0 Å². The Morgan fingerprint density at radius 1 is 1.35 bits per heavy atom. The number of carbonyl (C=O) groups excluding carboxylic acids is 1. The summed E-state index contributed by atoms with van der Waals surface area (Å²) < 4.78 is 8.15. The number of piperidine rings is 1. The van der Waals surface area contributed by atoms with Crippen molar-refractivity contribution in [3.63, 3.8) is 0 Å². The molecule has 0 N–H and O–H groups in total. The number of hydrogen-bond acceptors (Lipinski definition) is 6. The van der Waals surface area contributed by atoms with Crippen LogP contribution in [-0.2, 0) is 0 Å². The summed E-state index contributed by atoms with van der Waals surface area (Å²) in [5.74, 6) is 0.411. The number of nitrogens with zero attached hydrogens (tertiary/aromatic N) is 5. The van der Waals surface area contributed by atoms with Crippen molar-refractivity contribution >= 4 is 17.6 Å². The number of amides is 1. The van der Waals surface area contributed by atoms with Crippen molar-refractivity contribution < 1.29 is 4.79 Å². The molecular weight excluding hydrogens is 274 g/mol. The Hall–Kier alpha value is -1.89. The van der Waals surface area contributed by atoms with Crippen LogP contribution >= 0.6 is 11.7 Å². The molecule has 0 saturated carbocycles. The van der Waals surface area contributed by atoms with E-state index in [1.807, 2.05) is 17.9 Å². The van der Waals surface area contributed by atoms with E-state index in [2.05, 4.69) is 18.7 Å². The second-order valence-electron chi connectivity index (χ2n) is 4.90. The van der Waals surface area contributed by atoms with E-state index >= 15 is 0 Å². The van der Waals surface area contributed by atoms with E-state index in [1.54, 1.807) is 12.5 Å². The quantitative estimate of drug-likeness (QED) is 0.840. The molecule has 2 aromatic rings. The Morgan fingerprint density at radius 2 is 2.15 bits per heavy atom. The third-order valence-electron chi connectivity index (χ3n) is 3.66. The Morgan fingerprint density at radius 3 is 2.75 bits per heavy atom. The lowest BCUT2D eigenvalue weighted by molar-refractivity contribution is 0.0706. The Balaban J connectivity index is 1.64. The predicted molar refractivity (Wildman–Crippen MR) is 74.6 cm³/mol. The molecule has 0 bridgehead atoms. The van der Waals surface area contributed by atoms with Crippen LogP contribution in [0, 0.1) is 6.92 Å². The summed E-state index contributed by atoms with van der Waals surface area (Å²) >= 11 is 1.09. The van der Waals surface area contributed by atoms with Crippen LogP contribution in [0.5, 0.6) is 0 Å². The van der Waals surface area contributed by atoms with Crippen molar-refractivity contribution in [3.8, 4) is 0 Å². The van der Waals surface area contributed by atoms with Gasteiger partial charge in [-0.05, 0) is 25.8 Å². The number of hydrogen-bond donors (Lipinski definition) is 0. The minimum absolute atomic E-state index is 0.00242. The third-order valence-corrected chi connectivity index (χ3v) is 4.28. The molecule has 0 spiro atoms. The molecule has 0 atom stereocenters. The van der Waals surface area contributed by atoms with Gasteiger partial charge >= 0.3 is 0 Å². The Labute approximate surface area is 121 Å². The van der Waals surface area contributed by atoms with Crippen LogP contribution in [0.4, 0.5) is 0 Å². The number of likely N-dealkylation sites (tertiary alicyclic amines) is 1. The lowest BCUT2D eigenvalue weighted by atomic mass is 9.93. The molecule has 1 amide bonds. The van der Waals surface area contributed by atoms with Crippen LogP contribution in [0.1, 0.15) is 40.6 Å². The summed E-state index contributed by atoms with van der Waals surface area (Å²) in [6.45, 7) is 3.30. The molecule has 2 aromatic heterocycles. The maximum Gasteiger partial charge on any atom is 0.275 e. The highest BCUT2D eigenvalue weighted by molar-refractivity contribution is 6.99. The zero-order valence-corrected chi connectivity index (χ0v) is 12.0. The average molecular weight is 289 g/mol. The predicted octanol–water partition coefficient (Wildman–Crippen LogP) is 1.66. The summed E-state index contributed by atoms with van der Waals surface area (Å²) in [4.78, 5) is 22.4. The molecule has 20 heavy (non-hydrogen) atoms. The van der Waals surface area contributed by atoms with Crippen LogP contribution in [0.15, 0.2) is 18.6 Å². The minimum Gasteiger partial charge on any atom is -0.337 e.